The van der Waals surface area contributed by atoms with E-state index >= 15 is 0 Å². The molecule has 1 aliphatic heterocycles. The first-order valence-corrected chi connectivity index (χ1v) is 5.98. The Balaban J connectivity index is 2.05. The highest BCUT2D eigenvalue weighted by Crippen LogP contribution is 2.29. The first-order chi connectivity index (χ1) is 8.16. The lowest BCUT2D eigenvalue weighted by Gasteiger charge is -2.31. The molecule has 4 heteroatoms. The fraction of sp³-hybridized carbons (Fsp3) is 0.462. The second kappa shape index (κ2) is 5.08. The molecule has 0 aromatic heterocycles. The Labute approximate surface area is 101 Å². The molecule has 0 bridgehead atoms. The number of aromatic hydroxyl groups is 1. The van der Waals surface area contributed by atoms with E-state index < -0.39 is 0 Å². The topological polar surface area (TPSA) is 52.6 Å². The zero-order chi connectivity index (χ0) is 12.3. The van der Waals surface area contributed by atoms with E-state index in [1.54, 1.807) is 6.07 Å². The molecule has 0 radical (unpaired) electrons. The minimum Gasteiger partial charge on any atom is -0.508 e. The van der Waals surface area contributed by atoms with Gasteiger partial charge in [0.2, 0.25) is 5.91 Å². The molecule has 0 saturated carbocycles. The second-order valence-corrected chi connectivity index (χ2v) is 4.39. The van der Waals surface area contributed by atoms with E-state index in [9.17, 15) is 9.90 Å². The number of rotatable bonds is 3. The maximum atomic E-state index is 10.8. The van der Waals surface area contributed by atoms with Gasteiger partial charge in [-0.3, -0.25) is 4.79 Å². The average molecular weight is 234 g/mol. The van der Waals surface area contributed by atoms with Crippen molar-refractivity contribution in [3.63, 3.8) is 0 Å². The van der Waals surface area contributed by atoms with Crippen LogP contribution in [0.1, 0.15) is 18.9 Å². The Morgan fingerprint density at radius 1 is 1.53 bits per heavy atom. The molecule has 0 aliphatic carbocycles. The van der Waals surface area contributed by atoms with Crippen molar-refractivity contribution in [1.29, 1.82) is 0 Å². The summed E-state index contributed by atoms with van der Waals surface area (Å²) in [6.45, 7) is 3.94. The van der Waals surface area contributed by atoms with E-state index in [4.69, 9.17) is 0 Å². The number of carbonyl (C=O) groups is 1. The first-order valence-electron chi connectivity index (χ1n) is 5.98. The van der Waals surface area contributed by atoms with Gasteiger partial charge in [-0.1, -0.05) is 6.07 Å². The fourth-order valence-corrected chi connectivity index (χ4v) is 2.24. The lowest BCUT2D eigenvalue weighted by molar-refractivity contribution is -0.118. The van der Waals surface area contributed by atoms with E-state index in [1.807, 2.05) is 12.1 Å². The lowest BCUT2D eigenvalue weighted by Crippen LogP contribution is -2.36. The molecule has 2 rings (SSSR count). The molecule has 0 spiro atoms. The Bertz CT molecular complexity index is 418. The van der Waals surface area contributed by atoms with E-state index in [0.717, 1.165) is 31.6 Å². The van der Waals surface area contributed by atoms with E-state index in [2.05, 4.69) is 10.2 Å². The molecule has 0 saturated heterocycles. The van der Waals surface area contributed by atoms with Crippen molar-refractivity contribution < 1.29 is 9.90 Å². The number of fused-ring (bicyclic) bond motifs is 1. The average Bonchev–Trinajstić information content (AvgIpc) is 2.29. The molecule has 92 valence electrons. The van der Waals surface area contributed by atoms with Crippen LogP contribution >= 0.6 is 0 Å². The van der Waals surface area contributed by atoms with Crippen LogP contribution in [-0.2, 0) is 11.2 Å². The number of carbonyl (C=O) groups excluding carboxylic acids is 1. The van der Waals surface area contributed by atoms with Crippen LogP contribution in [0.5, 0.6) is 5.75 Å². The number of amides is 1. The second-order valence-electron chi connectivity index (χ2n) is 4.39. The summed E-state index contributed by atoms with van der Waals surface area (Å²) in [7, 11) is 0. The van der Waals surface area contributed by atoms with Crippen LogP contribution in [0.25, 0.3) is 0 Å². The third-order valence-corrected chi connectivity index (χ3v) is 3.04. The molecule has 1 aromatic carbocycles. The molecule has 1 aromatic rings. The van der Waals surface area contributed by atoms with Crippen molar-refractivity contribution in [2.75, 3.05) is 24.5 Å². The number of nitrogens with one attached hydrogen (secondary N) is 1. The van der Waals surface area contributed by atoms with Gasteiger partial charge in [0.1, 0.15) is 5.75 Å². The minimum atomic E-state index is -0.00172. The van der Waals surface area contributed by atoms with Crippen LogP contribution < -0.4 is 10.2 Å². The van der Waals surface area contributed by atoms with Crippen molar-refractivity contribution in [3.05, 3.63) is 23.8 Å². The van der Waals surface area contributed by atoms with Crippen molar-refractivity contribution in [3.8, 4) is 5.75 Å². The Morgan fingerprint density at radius 3 is 3.12 bits per heavy atom. The van der Waals surface area contributed by atoms with Crippen LogP contribution in [0.15, 0.2) is 18.2 Å². The highest BCUT2D eigenvalue weighted by molar-refractivity contribution is 5.72. The molecule has 17 heavy (non-hydrogen) atoms. The number of nitrogens with zero attached hydrogens (tertiary/aromatic N) is 1. The van der Waals surface area contributed by atoms with Gasteiger partial charge in [0.25, 0.3) is 0 Å². The van der Waals surface area contributed by atoms with Crippen molar-refractivity contribution in [2.45, 2.75) is 19.8 Å². The number of benzene rings is 1. The molecule has 0 atom stereocenters. The Hall–Kier alpha value is -1.71. The number of aryl methyl sites for hydroxylation is 1. The smallest absolute Gasteiger partial charge is 0.216 e. The highest BCUT2D eigenvalue weighted by atomic mass is 16.3. The maximum Gasteiger partial charge on any atom is 0.216 e. The molecule has 1 aliphatic rings. The molecule has 1 heterocycles. The van der Waals surface area contributed by atoms with Gasteiger partial charge < -0.3 is 15.3 Å². The number of hydrogen-bond acceptors (Lipinski definition) is 3. The standard InChI is InChI=1S/C13H18N2O2/c1-10(16)14-6-8-15-7-2-3-11-4-5-12(17)9-13(11)15/h4-5,9,17H,2-3,6-8H2,1H3,(H,14,16). The minimum absolute atomic E-state index is 0.00172. The molecule has 0 fully saturated rings. The number of phenolic OH excluding ortho intramolecular Hbond substituents is 1. The summed E-state index contributed by atoms with van der Waals surface area (Å²) in [5.74, 6) is 0.299. The summed E-state index contributed by atoms with van der Waals surface area (Å²) in [5, 5.41) is 12.3. The van der Waals surface area contributed by atoms with E-state index in [1.165, 1.54) is 12.5 Å². The van der Waals surface area contributed by atoms with Gasteiger partial charge in [0.05, 0.1) is 0 Å². The monoisotopic (exact) mass is 234 g/mol. The molecule has 4 nitrogen and oxygen atoms in total. The first kappa shape index (κ1) is 11.8. The van der Waals surface area contributed by atoms with E-state index in [0.29, 0.717) is 12.3 Å². The normalized spacial score (nSPS) is 14.3. The van der Waals surface area contributed by atoms with Gasteiger partial charge in [0, 0.05) is 38.3 Å². The molecule has 0 unspecified atom stereocenters. The van der Waals surface area contributed by atoms with Crippen LogP contribution in [0.4, 0.5) is 5.69 Å². The molecule has 2 N–H and O–H groups in total. The third-order valence-electron chi connectivity index (χ3n) is 3.04. The van der Waals surface area contributed by atoms with Crippen LogP contribution in [0, 0.1) is 0 Å². The van der Waals surface area contributed by atoms with E-state index in [-0.39, 0.29) is 5.91 Å². The summed E-state index contributed by atoms with van der Waals surface area (Å²) in [4.78, 5) is 13.0. The third kappa shape index (κ3) is 2.90. The zero-order valence-corrected chi connectivity index (χ0v) is 10.1. The summed E-state index contributed by atoms with van der Waals surface area (Å²) in [6, 6.07) is 5.52. The summed E-state index contributed by atoms with van der Waals surface area (Å²) >= 11 is 0. The summed E-state index contributed by atoms with van der Waals surface area (Å²) < 4.78 is 0. The number of anilines is 1. The largest absolute Gasteiger partial charge is 0.508 e. The fourth-order valence-electron chi connectivity index (χ4n) is 2.24. The van der Waals surface area contributed by atoms with Crippen molar-refractivity contribution in [1.82, 2.24) is 5.32 Å². The van der Waals surface area contributed by atoms with Gasteiger partial charge in [-0.2, -0.15) is 0 Å². The number of phenols is 1. The maximum absolute atomic E-state index is 10.8. The summed E-state index contributed by atoms with van der Waals surface area (Å²) in [6.07, 6.45) is 2.18. The quantitative estimate of drug-likeness (QED) is 0.828. The van der Waals surface area contributed by atoms with Crippen molar-refractivity contribution in [2.24, 2.45) is 0 Å². The Morgan fingerprint density at radius 2 is 2.35 bits per heavy atom. The van der Waals surface area contributed by atoms with Crippen LogP contribution in [0.3, 0.4) is 0 Å². The molecule has 1 amide bonds. The lowest BCUT2D eigenvalue weighted by atomic mass is 10.0. The molecular formula is C13H18N2O2. The SMILES string of the molecule is CC(=O)NCCN1CCCc2ccc(O)cc21. The summed E-state index contributed by atoms with van der Waals surface area (Å²) in [5.41, 5.74) is 2.37. The van der Waals surface area contributed by atoms with Gasteiger partial charge >= 0.3 is 0 Å². The Kier molecular flexibility index (Phi) is 3.52. The predicted molar refractivity (Wildman–Crippen MR) is 67.3 cm³/mol. The van der Waals surface area contributed by atoms with Gasteiger partial charge in [-0.15, -0.1) is 0 Å². The molecular weight excluding hydrogens is 216 g/mol. The van der Waals surface area contributed by atoms with Gasteiger partial charge in [-0.25, -0.2) is 0 Å². The number of hydrogen-bond donors (Lipinski definition) is 2. The van der Waals surface area contributed by atoms with Gasteiger partial charge in [0.15, 0.2) is 0 Å². The zero-order valence-electron chi connectivity index (χ0n) is 10.1. The van der Waals surface area contributed by atoms with Gasteiger partial charge in [-0.05, 0) is 24.5 Å². The van der Waals surface area contributed by atoms with Crippen LogP contribution in [0.2, 0.25) is 0 Å². The highest BCUT2D eigenvalue weighted by Gasteiger charge is 2.16. The predicted octanol–water partition coefficient (Wildman–Crippen LogP) is 1.28. The van der Waals surface area contributed by atoms with Crippen LogP contribution in [-0.4, -0.2) is 30.6 Å². The van der Waals surface area contributed by atoms with Crippen molar-refractivity contribution >= 4 is 11.6 Å².